The van der Waals surface area contributed by atoms with Crippen LogP contribution in [0.4, 0.5) is 10.1 Å². The van der Waals surface area contributed by atoms with E-state index >= 15 is 0 Å². The third kappa shape index (κ3) is 5.61. The number of Topliss-reactive ketones (excluding diaryl/α,β-unsaturated/α-hetero) is 1. The monoisotopic (exact) mass is 453 g/mol. The number of aromatic nitrogens is 2. The summed E-state index contributed by atoms with van der Waals surface area (Å²) in [5.41, 5.74) is 1.39. The average Bonchev–Trinajstić information content (AvgIpc) is 3.55. The molecule has 9 heteroatoms. The van der Waals surface area contributed by atoms with Gasteiger partial charge in [-0.05, 0) is 56.5 Å². The van der Waals surface area contributed by atoms with Crippen molar-refractivity contribution in [3.8, 4) is 17.2 Å². The molecule has 1 aromatic carbocycles. The Hall–Kier alpha value is -3.59. The van der Waals surface area contributed by atoms with Gasteiger partial charge >= 0.3 is 0 Å². The Morgan fingerprint density at radius 3 is 2.79 bits per heavy atom. The predicted molar refractivity (Wildman–Crippen MR) is 117 cm³/mol. The number of ether oxygens (including phenoxy) is 1. The van der Waals surface area contributed by atoms with E-state index < -0.39 is 11.9 Å². The summed E-state index contributed by atoms with van der Waals surface area (Å²) >= 11 is 0. The number of nitrogens with zero attached hydrogens (tertiary/aromatic N) is 2. The number of carbonyl (C=O) groups excluding carboxylic acids is 2. The van der Waals surface area contributed by atoms with Crippen LogP contribution in [0.3, 0.4) is 0 Å². The van der Waals surface area contributed by atoms with E-state index in [1.165, 1.54) is 24.6 Å². The van der Waals surface area contributed by atoms with Crippen LogP contribution in [-0.2, 0) is 4.79 Å². The lowest BCUT2D eigenvalue weighted by Gasteiger charge is -2.11. The molecule has 172 valence electrons. The van der Waals surface area contributed by atoms with Crippen molar-refractivity contribution in [2.45, 2.75) is 38.7 Å². The second kappa shape index (κ2) is 9.91. The van der Waals surface area contributed by atoms with Gasteiger partial charge in [-0.15, -0.1) is 0 Å². The van der Waals surface area contributed by atoms with Crippen LogP contribution in [0.1, 0.15) is 54.9 Å². The summed E-state index contributed by atoms with van der Waals surface area (Å²) in [5, 5.41) is 11.2. The van der Waals surface area contributed by atoms with Crippen molar-refractivity contribution in [1.29, 1.82) is 0 Å². The van der Waals surface area contributed by atoms with Gasteiger partial charge in [0, 0.05) is 24.5 Å². The number of pyridine rings is 1. The van der Waals surface area contributed by atoms with E-state index in [2.05, 4.69) is 15.3 Å². The molecule has 0 aliphatic heterocycles. The number of hydrogen-bond acceptors (Lipinski definition) is 7. The van der Waals surface area contributed by atoms with Gasteiger partial charge in [-0.2, -0.15) is 0 Å². The van der Waals surface area contributed by atoms with Gasteiger partial charge in [0.05, 0.1) is 11.9 Å². The highest BCUT2D eigenvalue weighted by Crippen LogP contribution is 2.32. The number of oxazole rings is 1. The van der Waals surface area contributed by atoms with Crippen LogP contribution in [-0.4, -0.2) is 33.4 Å². The minimum atomic E-state index is -0.624. The number of aliphatic hydroxyl groups excluding tert-OH is 1. The van der Waals surface area contributed by atoms with Gasteiger partial charge < -0.3 is 19.6 Å². The Morgan fingerprint density at radius 2 is 2.12 bits per heavy atom. The lowest BCUT2D eigenvalue weighted by Crippen LogP contribution is -2.12. The fourth-order valence-electron chi connectivity index (χ4n) is 3.22. The van der Waals surface area contributed by atoms with Crippen molar-refractivity contribution in [3.05, 3.63) is 60.0 Å². The van der Waals surface area contributed by atoms with Crippen molar-refractivity contribution in [2.75, 3.05) is 11.9 Å². The van der Waals surface area contributed by atoms with E-state index in [0.717, 1.165) is 12.8 Å². The summed E-state index contributed by atoms with van der Waals surface area (Å²) < 4.78 is 25.8. The van der Waals surface area contributed by atoms with E-state index in [0.29, 0.717) is 29.1 Å². The Kier molecular flexibility index (Phi) is 6.79. The highest BCUT2D eigenvalue weighted by molar-refractivity contribution is 5.97. The minimum Gasteiger partial charge on any atom is -0.483 e. The highest BCUT2D eigenvalue weighted by atomic mass is 19.1. The molecule has 2 aromatic heterocycles. The number of ketones is 1. The summed E-state index contributed by atoms with van der Waals surface area (Å²) in [6.07, 6.45) is 4.74. The molecular formula is C24H24FN3O5. The number of carbonyl (C=O) groups is 2. The van der Waals surface area contributed by atoms with Crippen molar-refractivity contribution in [2.24, 2.45) is 5.92 Å². The summed E-state index contributed by atoms with van der Waals surface area (Å²) in [6.45, 7) is 1.68. The number of rotatable bonds is 10. The minimum absolute atomic E-state index is 0.0429. The van der Waals surface area contributed by atoms with Gasteiger partial charge in [0.15, 0.2) is 5.78 Å². The smallest absolute Gasteiger partial charge is 0.226 e. The number of aliphatic hydroxyl groups is 1. The standard InChI is InChI=1S/C24H24FN3O5/c1-14(33-17-7-9-20(26-12-17)23(31)15-4-5-15)21-13-32-24(28-21)16-6-8-19(18(25)11-16)27-22(30)3-2-10-29/h6-9,11-15,29H,2-5,10H2,1H3,(H,27,30). The molecule has 1 unspecified atom stereocenters. The number of anilines is 1. The Morgan fingerprint density at radius 1 is 1.30 bits per heavy atom. The zero-order valence-electron chi connectivity index (χ0n) is 18.1. The van der Waals surface area contributed by atoms with Crippen LogP contribution >= 0.6 is 0 Å². The van der Waals surface area contributed by atoms with E-state index in [-0.39, 0.29) is 42.2 Å². The van der Waals surface area contributed by atoms with E-state index in [1.807, 2.05) is 0 Å². The number of hydrogen-bond donors (Lipinski definition) is 2. The SMILES string of the molecule is CC(Oc1ccc(C(=O)C2CC2)nc1)c1coc(-c2ccc(NC(=O)CCCO)c(F)c2)n1. The first kappa shape index (κ1) is 22.6. The second-order valence-corrected chi connectivity index (χ2v) is 7.93. The molecule has 4 rings (SSSR count). The van der Waals surface area contributed by atoms with E-state index in [1.54, 1.807) is 25.1 Å². The zero-order valence-corrected chi connectivity index (χ0v) is 18.1. The van der Waals surface area contributed by atoms with Crippen LogP contribution in [0.15, 0.2) is 47.2 Å². The maximum absolute atomic E-state index is 14.4. The molecule has 1 fully saturated rings. The normalized spacial score (nSPS) is 14.0. The second-order valence-electron chi connectivity index (χ2n) is 7.93. The van der Waals surface area contributed by atoms with Gasteiger partial charge in [0.1, 0.15) is 35.3 Å². The first-order valence-electron chi connectivity index (χ1n) is 10.8. The molecule has 2 heterocycles. The zero-order chi connectivity index (χ0) is 23.4. The number of halogens is 1. The van der Waals surface area contributed by atoms with Crippen LogP contribution < -0.4 is 10.1 Å². The van der Waals surface area contributed by atoms with Gasteiger partial charge in [-0.3, -0.25) is 9.59 Å². The molecule has 0 radical (unpaired) electrons. The number of amides is 1. The molecule has 2 N–H and O–H groups in total. The predicted octanol–water partition coefficient (Wildman–Crippen LogP) is 4.32. The van der Waals surface area contributed by atoms with Crippen LogP contribution in [0.5, 0.6) is 5.75 Å². The fourth-order valence-corrected chi connectivity index (χ4v) is 3.22. The van der Waals surface area contributed by atoms with E-state index in [4.69, 9.17) is 14.3 Å². The number of benzene rings is 1. The maximum atomic E-state index is 14.4. The summed E-state index contributed by atoms with van der Waals surface area (Å²) in [4.78, 5) is 32.4. The summed E-state index contributed by atoms with van der Waals surface area (Å²) in [5.74, 6) is -0.120. The van der Waals surface area contributed by atoms with Crippen molar-refractivity contribution < 1.29 is 28.2 Å². The van der Waals surface area contributed by atoms with Crippen LogP contribution in [0, 0.1) is 11.7 Å². The van der Waals surface area contributed by atoms with Gasteiger partial charge in [-0.25, -0.2) is 14.4 Å². The number of nitrogens with one attached hydrogen (secondary N) is 1. The first-order valence-corrected chi connectivity index (χ1v) is 10.8. The largest absolute Gasteiger partial charge is 0.483 e. The quantitative estimate of drug-likeness (QED) is 0.439. The molecule has 8 nitrogen and oxygen atoms in total. The molecule has 1 aliphatic carbocycles. The molecule has 1 saturated carbocycles. The Labute approximate surface area is 189 Å². The van der Waals surface area contributed by atoms with Gasteiger partial charge in [0.25, 0.3) is 0 Å². The molecule has 1 aliphatic rings. The average molecular weight is 453 g/mol. The molecular weight excluding hydrogens is 429 g/mol. The maximum Gasteiger partial charge on any atom is 0.226 e. The molecule has 0 spiro atoms. The van der Waals surface area contributed by atoms with E-state index in [9.17, 15) is 14.0 Å². The molecule has 1 amide bonds. The molecule has 1 atom stereocenters. The van der Waals surface area contributed by atoms with Crippen molar-refractivity contribution in [1.82, 2.24) is 9.97 Å². The summed E-state index contributed by atoms with van der Waals surface area (Å²) in [6, 6.07) is 7.60. The lowest BCUT2D eigenvalue weighted by atomic mass is 10.2. The van der Waals surface area contributed by atoms with Crippen LogP contribution in [0.25, 0.3) is 11.5 Å². The fraction of sp³-hybridized carbons (Fsp3) is 0.333. The Bertz CT molecular complexity index is 1140. The van der Waals surface area contributed by atoms with Crippen LogP contribution in [0.2, 0.25) is 0 Å². The topological polar surface area (TPSA) is 115 Å². The first-order chi connectivity index (χ1) is 15.9. The summed E-state index contributed by atoms with van der Waals surface area (Å²) in [7, 11) is 0. The molecule has 0 saturated heterocycles. The molecule has 0 bridgehead atoms. The molecule has 3 aromatic rings. The van der Waals surface area contributed by atoms with Crippen molar-refractivity contribution >= 4 is 17.4 Å². The molecule has 33 heavy (non-hydrogen) atoms. The third-order valence-corrected chi connectivity index (χ3v) is 5.24. The Balaban J connectivity index is 1.39. The third-order valence-electron chi connectivity index (χ3n) is 5.24. The van der Waals surface area contributed by atoms with Gasteiger partial charge in [0.2, 0.25) is 11.8 Å². The lowest BCUT2D eigenvalue weighted by molar-refractivity contribution is -0.116. The van der Waals surface area contributed by atoms with Gasteiger partial charge in [-0.1, -0.05) is 0 Å². The highest BCUT2D eigenvalue weighted by Gasteiger charge is 2.31. The van der Waals surface area contributed by atoms with Crippen molar-refractivity contribution in [3.63, 3.8) is 0 Å².